The van der Waals surface area contributed by atoms with E-state index < -0.39 is 0 Å². The quantitative estimate of drug-likeness (QED) is 0.854. The highest BCUT2D eigenvalue weighted by atomic mass is 32.2. The largest absolute Gasteiger partial charge is 0.397 e. The van der Waals surface area contributed by atoms with Gasteiger partial charge in [0.1, 0.15) is 0 Å². The van der Waals surface area contributed by atoms with Crippen molar-refractivity contribution in [2.24, 2.45) is 0 Å². The molecule has 3 N–H and O–H groups in total. The number of nitrogens with zero attached hydrogens (tertiary/aromatic N) is 1. The molecule has 1 amide bonds. The molecule has 1 aromatic heterocycles. The van der Waals surface area contributed by atoms with Crippen LogP contribution in [0.2, 0.25) is 0 Å². The highest BCUT2D eigenvalue weighted by molar-refractivity contribution is 8.00. The van der Waals surface area contributed by atoms with Crippen molar-refractivity contribution in [3.8, 4) is 0 Å². The molecule has 5 heteroatoms. The van der Waals surface area contributed by atoms with Crippen LogP contribution in [-0.4, -0.2) is 28.4 Å². The Kier molecular flexibility index (Phi) is 3.57. The van der Waals surface area contributed by atoms with Crippen LogP contribution in [0.25, 0.3) is 0 Å². The minimum atomic E-state index is -0.106. The SMILES string of the molecule is CSC1(CNC(=O)c2ccncc2N)CCC1. The zero-order valence-corrected chi connectivity index (χ0v) is 10.7. The van der Waals surface area contributed by atoms with E-state index in [4.69, 9.17) is 5.73 Å². The molecule has 0 saturated heterocycles. The Morgan fingerprint density at radius 3 is 2.94 bits per heavy atom. The van der Waals surface area contributed by atoms with Crippen LogP contribution in [0.3, 0.4) is 0 Å². The number of aromatic nitrogens is 1. The molecule has 0 aromatic carbocycles. The summed E-state index contributed by atoms with van der Waals surface area (Å²) in [7, 11) is 0. The van der Waals surface area contributed by atoms with Gasteiger partial charge in [0, 0.05) is 17.5 Å². The molecule has 1 heterocycles. The molecule has 0 aliphatic heterocycles. The molecular weight excluding hydrogens is 234 g/mol. The first-order valence-electron chi connectivity index (χ1n) is 5.70. The number of anilines is 1. The van der Waals surface area contributed by atoms with Crippen LogP contribution < -0.4 is 11.1 Å². The number of pyridine rings is 1. The highest BCUT2D eigenvalue weighted by Crippen LogP contribution is 2.42. The lowest BCUT2D eigenvalue weighted by Gasteiger charge is -2.40. The van der Waals surface area contributed by atoms with Gasteiger partial charge in [0.05, 0.1) is 17.4 Å². The van der Waals surface area contributed by atoms with Crippen LogP contribution in [-0.2, 0) is 0 Å². The molecule has 17 heavy (non-hydrogen) atoms. The number of thioether (sulfide) groups is 1. The average molecular weight is 251 g/mol. The van der Waals surface area contributed by atoms with E-state index in [-0.39, 0.29) is 10.7 Å². The summed E-state index contributed by atoms with van der Waals surface area (Å²) in [6, 6.07) is 1.65. The molecule has 0 atom stereocenters. The molecule has 0 spiro atoms. The summed E-state index contributed by atoms with van der Waals surface area (Å²) in [5, 5.41) is 2.97. The number of nitrogens with one attached hydrogen (secondary N) is 1. The van der Waals surface area contributed by atoms with Gasteiger partial charge < -0.3 is 11.1 Å². The zero-order valence-electron chi connectivity index (χ0n) is 9.90. The zero-order chi connectivity index (χ0) is 12.3. The topological polar surface area (TPSA) is 68.0 Å². The first-order valence-corrected chi connectivity index (χ1v) is 6.92. The van der Waals surface area contributed by atoms with Crippen molar-refractivity contribution in [3.05, 3.63) is 24.0 Å². The molecule has 1 fully saturated rings. The maximum Gasteiger partial charge on any atom is 0.253 e. The summed E-state index contributed by atoms with van der Waals surface area (Å²) < 4.78 is 0.247. The fourth-order valence-corrected chi connectivity index (χ4v) is 2.89. The summed E-state index contributed by atoms with van der Waals surface area (Å²) >= 11 is 1.84. The monoisotopic (exact) mass is 251 g/mol. The van der Waals surface area contributed by atoms with Gasteiger partial charge in [0.2, 0.25) is 0 Å². The molecule has 0 unspecified atom stereocenters. The average Bonchev–Trinajstić information content (AvgIpc) is 2.28. The summed E-state index contributed by atoms with van der Waals surface area (Å²) in [5.41, 5.74) is 6.65. The van der Waals surface area contributed by atoms with Crippen molar-refractivity contribution in [3.63, 3.8) is 0 Å². The maximum atomic E-state index is 11.9. The molecular formula is C12H17N3OS. The van der Waals surface area contributed by atoms with Gasteiger partial charge in [-0.1, -0.05) is 6.42 Å². The standard InChI is InChI=1S/C12H17N3OS/c1-17-12(4-2-5-12)8-15-11(16)9-3-6-14-7-10(9)13/h3,6-7H,2,4-5,8,13H2,1H3,(H,15,16). The molecule has 1 aliphatic carbocycles. The number of carbonyl (C=O) groups excluding carboxylic acids is 1. The van der Waals surface area contributed by atoms with Crippen LogP contribution in [0.5, 0.6) is 0 Å². The highest BCUT2D eigenvalue weighted by Gasteiger charge is 2.36. The van der Waals surface area contributed by atoms with Crippen molar-refractivity contribution in [1.82, 2.24) is 10.3 Å². The van der Waals surface area contributed by atoms with E-state index in [0.29, 0.717) is 11.3 Å². The van der Waals surface area contributed by atoms with Crippen molar-refractivity contribution in [2.45, 2.75) is 24.0 Å². The Morgan fingerprint density at radius 2 is 2.41 bits per heavy atom. The van der Waals surface area contributed by atoms with E-state index in [9.17, 15) is 4.79 Å². The third-order valence-corrected chi connectivity index (χ3v) is 4.78. The maximum absolute atomic E-state index is 11.9. The Labute approximate surface area is 105 Å². The lowest BCUT2D eigenvalue weighted by molar-refractivity contribution is 0.0944. The van der Waals surface area contributed by atoms with E-state index in [1.54, 1.807) is 12.3 Å². The van der Waals surface area contributed by atoms with E-state index in [2.05, 4.69) is 16.6 Å². The predicted molar refractivity (Wildman–Crippen MR) is 71.1 cm³/mol. The second-order valence-electron chi connectivity index (χ2n) is 4.39. The first kappa shape index (κ1) is 12.2. The van der Waals surface area contributed by atoms with E-state index >= 15 is 0 Å². The van der Waals surface area contributed by atoms with Crippen molar-refractivity contribution < 1.29 is 4.79 Å². The smallest absolute Gasteiger partial charge is 0.253 e. The molecule has 1 aromatic rings. The molecule has 2 rings (SSSR count). The number of rotatable bonds is 4. The molecule has 0 radical (unpaired) electrons. The lowest BCUT2D eigenvalue weighted by Crippen LogP contribution is -2.45. The van der Waals surface area contributed by atoms with Crippen molar-refractivity contribution >= 4 is 23.4 Å². The molecule has 92 valence electrons. The number of hydrogen-bond donors (Lipinski definition) is 2. The normalized spacial score (nSPS) is 17.2. The van der Waals surface area contributed by atoms with E-state index in [0.717, 1.165) is 6.54 Å². The number of carbonyl (C=O) groups is 1. The second kappa shape index (κ2) is 4.96. The first-order chi connectivity index (χ1) is 8.17. The van der Waals surface area contributed by atoms with Crippen LogP contribution >= 0.6 is 11.8 Å². The Morgan fingerprint density at radius 1 is 1.65 bits per heavy atom. The summed E-state index contributed by atoms with van der Waals surface area (Å²) in [4.78, 5) is 15.8. The Balaban J connectivity index is 1.96. The number of amides is 1. The summed E-state index contributed by atoms with van der Waals surface area (Å²) in [6.45, 7) is 0.717. The fourth-order valence-electron chi connectivity index (χ4n) is 1.97. The van der Waals surface area contributed by atoms with Crippen molar-refractivity contribution in [1.29, 1.82) is 0 Å². The van der Waals surface area contributed by atoms with Gasteiger partial charge >= 0.3 is 0 Å². The molecule has 1 aliphatic rings. The minimum absolute atomic E-state index is 0.106. The number of nitrogens with two attached hydrogens (primary N) is 1. The third-order valence-electron chi connectivity index (χ3n) is 3.37. The fraction of sp³-hybridized carbons (Fsp3) is 0.500. The van der Waals surface area contributed by atoms with Gasteiger partial charge in [-0.2, -0.15) is 11.8 Å². The Bertz CT molecular complexity index is 412. The molecule has 1 saturated carbocycles. The van der Waals surface area contributed by atoms with Gasteiger partial charge in [0.15, 0.2) is 0 Å². The summed E-state index contributed by atoms with van der Waals surface area (Å²) in [6.07, 6.45) is 8.81. The predicted octanol–water partition coefficient (Wildman–Crippen LogP) is 1.68. The van der Waals surface area contributed by atoms with Crippen molar-refractivity contribution in [2.75, 3.05) is 18.5 Å². The van der Waals surface area contributed by atoms with Crippen LogP contribution in [0.4, 0.5) is 5.69 Å². The van der Waals surface area contributed by atoms with Crippen LogP contribution in [0.1, 0.15) is 29.6 Å². The second-order valence-corrected chi connectivity index (χ2v) is 5.66. The number of hydrogen-bond acceptors (Lipinski definition) is 4. The Hall–Kier alpha value is -1.23. The third kappa shape index (κ3) is 2.54. The van der Waals surface area contributed by atoms with Crippen LogP contribution in [0.15, 0.2) is 18.5 Å². The summed E-state index contributed by atoms with van der Waals surface area (Å²) in [5.74, 6) is -0.106. The van der Waals surface area contributed by atoms with E-state index in [1.807, 2.05) is 11.8 Å². The van der Waals surface area contributed by atoms with Gasteiger partial charge in [-0.05, 0) is 25.2 Å². The molecule has 4 nitrogen and oxygen atoms in total. The van der Waals surface area contributed by atoms with Gasteiger partial charge in [-0.15, -0.1) is 0 Å². The number of nitrogen functional groups attached to an aromatic ring is 1. The minimum Gasteiger partial charge on any atom is -0.397 e. The van der Waals surface area contributed by atoms with Gasteiger partial charge in [-0.3, -0.25) is 9.78 Å². The van der Waals surface area contributed by atoms with E-state index in [1.165, 1.54) is 25.5 Å². The lowest BCUT2D eigenvalue weighted by atomic mass is 9.84. The van der Waals surface area contributed by atoms with Gasteiger partial charge in [0.25, 0.3) is 5.91 Å². The van der Waals surface area contributed by atoms with Gasteiger partial charge in [-0.25, -0.2) is 0 Å². The van der Waals surface area contributed by atoms with Crippen LogP contribution in [0, 0.1) is 0 Å². The molecule has 0 bridgehead atoms.